The number of nitrogens with zero attached hydrogens (tertiary/aromatic N) is 2. The van der Waals surface area contributed by atoms with E-state index in [1.165, 1.54) is 6.42 Å². The summed E-state index contributed by atoms with van der Waals surface area (Å²) < 4.78 is 0. The van der Waals surface area contributed by atoms with E-state index in [1.54, 1.807) is 11.9 Å². The molecule has 0 spiro atoms. The zero-order chi connectivity index (χ0) is 20.8. The number of urea groups is 1. The molecule has 0 bridgehead atoms. The number of carbonyl (C=O) groups excluding carboxylic acids is 2. The summed E-state index contributed by atoms with van der Waals surface area (Å²) in [5.41, 5.74) is 2.68. The van der Waals surface area contributed by atoms with Gasteiger partial charge in [0.15, 0.2) is 0 Å². The Bertz CT molecular complexity index is 830. The molecule has 2 aromatic rings. The second-order valence-electron chi connectivity index (χ2n) is 7.55. The molecule has 0 unspecified atom stereocenters. The van der Waals surface area contributed by atoms with Crippen molar-refractivity contribution in [3.63, 3.8) is 0 Å². The molecule has 1 fully saturated rings. The average Bonchev–Trinajstić information content (AvgIpc) is 2.77. The molecule has 0 aliphatic carbocycles. The Balaban J connectivity index is 1.53. The Morgan fingerprint density at radius 3 is 2.28 bits per heavy atom. The number of nitrogens with one attached hydrogen (secondary N) is 1. The van der Waals surface area contributed by atoms with Crippen LogP contribution in [0.4, 0.5) is 4.79 Å². The van der Waals surface area contributed by atoms with Gasteiger partial charge in [-0.05, 0) is 61.6 Å². The topological polar surface area (TPSA) is 52.7 Å². The maximum atomic E-state index is 12.5. The first-order chi connectivity index (χ1) is 14.0. The molecule has 1 saturated heterocycles. The number of likely N-dealkylation sites (tertiary alicyclic amines) is 1. The summed E-state index contributed by atoms with van der Waals surface area (Å²) in [6, 6.07) is 14.8. The molecule has 3 rings (SSSR count). The van der Waals surface area contributed by atoms with Crippen molar-refractivity contribution in [3.8, 4) is 0 Å². The van der Waals surface area contributed by atoms with E-state index < -0.39 is 0 Å². The fourth-order valence-electron chi connectivity index (χ4n) is 3.49. The minimum Gasteiger partial charge on any atom is -0.339 e. The van der Waals surface area contributed by atoms with Crippen molar-refractivity contribution in [1.29, 1.82) is 0 Å². The number of piperidine rings is 1. The molecule has 6 heteroatoms. The molecule has 5 nitrogen and oxygen atoms in total. The number of rotatable bonds is 5. The van der Waals surface area contributed by atoms with Crippen molar-refractivity contribution in [2.24, 2.45) is 0 Å². The van der Waals surface area contributed by atoms with E-state index in [0.717, 1.165) is 37.1 Å². The van der Waals surface area contributed by atoms with Crippen LogP contribution in [0.15, 0.2) is 48.5 Å². The minimum absolute atomic E-state index is 0.0724. The van der Waals surface area contributed by atoms with Crippen LogP contribution in [0, 0.1) is 0 Å². The molecule has 1 heterocycles. The molecule has 0 aromatic heterocycles. The third-order valence-corrected chi connectivity index (χ3v) is 5.79. The van der Waals surface area contributed by atoms with Crippen LogP contribution in [0.1, 0.15) is 53.7 Å². The molecule has 1 aliphatic rings. The average molecular weight is 414 g/mol. The van der Waals surface area contributed by atoms with Gasteiger partial charge in [-0.15, -0.1) is 0 Å². The van der Waals surface area contributed by atoms with Gasteiger partial charge in [0.1, 0.15) is 0 Å². The van der Waals surface area contributed by atoms with Crippen LogP contribution in [-0.4, -0.2) is 41.9 Å². The first kappa shape index (κ1) is 21.2. The van der Waals surface area contributed by atoms with Crippen molar-refractivity contribution in [2.45, 2.75) is 38.8 Å². The van der Waals surface area contributed by atoms with Crippen LogP contribution in [0.25, 0.3) is 0 Å². The number of amides is 3. The Hall–Kier alpha value is -2.53. The highest BCUT2D eigenvalue weighted by Crippen LogP contribution is 2.21. The molecule has 2 aromatic carbocycles. The highest BCUT2D eigenvalue weighted by atomic mass is 35.5. The summed E-state index contributed by atoms with van der Waals surface area (Å²) in [4.78, 5) is 28.6. The fourth-order valence-corrected chi connectivity index (χ4v) is 3.61. The molecular formula is C23H28ClN3O2. The highest BCUT2D eigenvalue weighted by Gasteiger charge is 2.19. The largest absolute Gasteiger partial charge is 0.339 e. The van der Waals surface area contributed by atoms with Gasteiger partial charge in [0.2, 0.25) is 0 Å². The Morgan fingerprint density at radius 1 is 1.03 bits per heavy atom. The molecular weight excluding hydrogens is 386 g/mol. The first-order valence-electron chi connectivity index (χ1n) is 10.1. The Kier molecular flexibility index (Phi) is 7.15. The number of hydrogen-bond donors (Lipinski definition) is 1. The zero-order valence-corrected chi connectivity index (χ0v) is 17.8. The van der Waals surface area contributed by atoms with Crippen molar-refractivity contribution in [1.82, 2.24) is 15.1 Å². The van der Waals surface area contributed by atoms with Gasteiger partial charge in [-0.1, -0.05) is 35.9 Å². The number of hydrogen-bond acceptors (Lipinski definition) is 2. The van der Waals surface area contributed by atoms with E-state index in [4.69, 9.17) is 11.6 Å². The third kappa shape index (κ3) is 5.51. The van der Waals surface area contributed by atoms with E-state index >= 15 is 0 Å². The van der Waals surface area contributed by atoms with Crippen LogP contribution in [-0.2, 0) is 6.54 Å². The standard InChI is InChI=1S/C23H28ClN3O2/c1-17(19-10-12-21(24)13-11-19)26(2)23(29)25-16-18-6-8-20(9-7-18)22(28)27-14-4-3-5-15-27/h6-13,17H,3-5,14-16H2,1-2H3,(H,25,29)/t17-/m0/s1. The molecule has 1 N–H and O–H groups in total. The lowest BCUT2D eigenvalue weighted by Gasteiger charge is -2.27. The smallest absolute Gasteiger partial charge is 0.317 e. The van der Waals surface area contributed by atoms with E-state index in [0.29, 0.717) is 17.1 Å². The van der Waals surface area contributed by atoms with Crippen LogP contribution in [0.5, 0.6) is 0 Å². The second kappa shape index (κ2) is 9.79. The molecule has 0 saturated carbocycles. The highest BCUT2D eigenvalue weighted by molar-refractivity contribution is 6.30. The Morgan fingerprint density at radius 2 is 1.66 bits per heavy atom. The molecule has 1 atom stereocenters. The Labute approximate surface area is 177 Å². The van der Waals surface area contributed by atoms with Crippen molar-refractivity contribution in [3.05, 3.63) is 70.2 Å². The van der Waals surface area contributed by atoms with E-state index in [1.807, 2.05) is 60.4 Å². The van der Waals surface area contributed by atoms with Gasteiger partial charge in [0.25, 0.3) is 5.91 Å². The lowest BCUT2D eigenvalue weighted by Crippen LogP contribution is -2.38. The second-order valence-corrected chi connectivity index (χ2v) is 7.98. The number of carbonyl (C=O) groups is 2. The quantitative estimate of drug-likeness (QED) is 0.760. The maximum Gasteiger partial charge on any atom is 0.317 e. The minimum atomic E-state index is -0.152. The summed E-state index contributed by atoms with van der Waals surface area (Å²) in [5.74, 6) is 0.0943. The van der Waals surface area contributed by atoms with Gasteiger partial charge in [0, 0.05) is 37.3 Å². The predicted octanol–water partition coefficient (Wildman–Crippen LogP) is 4.87. The van der Waals surface area contributed by atoms with E-state index in [-0.39, 0.29) is 18.0 Å². The van der Waals surface area contributed by atoms with Crippen LogP contribution < -0.4 is 5.32 Å². The molecule has 29 heavy (non-hydrogen) atoms. The van der Waals surface area contributed by atoms with Crippen molar-refractivity contribution in [2.75, 3.05) is 20.1 Å². The lowest BCUT2D eigenvalue weighted by atomic mass is 10.1. The summed E-state index contributed by atoms with van der Waals surface area (Å²) >= 11 is 5.93. The van der Waals surface area contributed by atoms with Crippen LogP contribution >= 0.6 is 11.6 Å². The van der Waals surface area contributed by atoms with Gasteiger partial charge < -0.3 is 15.1 Å². The lowest BCUT2D eigenvalue weighted by molar-refractivity contribution is 0.0724. The van der Waals surface area contributed by atoms with Crippen molar-refractivity contribution < 1.29 is 9.59 Å². The van der Waals surface area contributed by atoms with Crippen LogP contribution in [0.2, 0.25) is 5.02 Å². The number of halogens is 1. The molecule has 1 aliphatic heterocycles. The van der Waals surface area contributed by atoms with E-state index in [2.05, 4.69) is 5.32 Å². The summed E-state index contributed by atoms with van der Waals surface area (Å²) in [6.45, 7) is 4.07. The molecule has 0 radical (unpaired) electrons. The monoisotopic (exact) mass is 413 g/mol. The van der Waals surface area contributed by atoms with Crippen LogP contribution in [0.3, 0.4) is 0 Å². The predicted molar refractivity (Wildman–Crippen MR) is 116 cm³/mol. The summed E-state index contributed by atoms with van der Waals surface area (Å²) in [5, 5.41) is 3.61. The first-order valence-corrected chi connectivity index (χ1v) is 10.5. The molecule has 154 valence electrons. The molecule has 3 amide bonds. The normalized spacial score (nSPS) is 14.9. The van der Waals surface area contributed by atoms with Gasteiger partial charge in [-0.2, -0.15) is 0 Å². The SMILES string of the molecule is C[C@@H](c1ccc(Cl)cc1)N(C)C(=O)NCc1ccc(C(=O)N2CCCCC2)cc1. The van der Waals surface area contributed by atoms with Crippen molar-refractivity contribution >= 4 is 23.5 Å². The zero-order valence-electron chi connectivity index (χ0n) is 17.0. The summed E-state index contributed by atoms with van der Waals surface area (Å²) in [6.07, 6.45) is 3.36. The maximum absolute atomic E-state index is 12.5. The summed E-state index contributed by atoms with van der Waals surface area (Å²) in [7, 11) is 1.77. The van der Waals surface area contributed by atoms with Gasteiger partial charge in [-0.3, -0.25) is 4.79 Å². The van der Waals surface area contributed by atoms with Gasteiger partial charge in [0.05, 0.1) is 6.04 Å². The van der Waals surface area contributed by atoms with Gasteiger partial charge in [-0.25, -0.2) is 4.79 Å². The van der Waals surface area contributed by atoms with Gasteiger partial charge >= 0.3 is 6.03 Å². The number of benzene rings is 2. The fraction of sp³-hybridized carbons (Fsp3) is 0.391. The third-order valence-electron chi connectivity index (χ3n) is 5.54. The van der Waals surface area contributed by atoms with E-state index in [9.17, 15) is 9.59 Å².